The van der Waals surface area contributed by atoms with Crippen molar-refractivity contribution >= 4 is 17.2 Å². The quantitative estimate of drug-likeness (QED) is 0.890. The Bertz CT molecular complexity index is 628. The predicted octanol–water partition coefficient (Wildman–Crippen LogP) is 1.32. The predicted molar refractivity (Wildman–Crippen MR) is 79.7 cm³/mol. The summed E-state index contributed by atoms with van der Waals surface area (Å²) in [7, 11) is 1.85. The van der Waals surface area contributed by atoms with E-state index in [0.717, 1.165) is 16.3 Å². The van der Waals surface area contributed by atoms with Gasteiger partial charge in [0.05, 0.1) is 11.9 Å². The van der Waals surface area contributed by atoms with Crippen molar-refractivity contribution in [1.29, 1.82) is 0 Å². The molecule has 2 rings (SSSR count). The molecule has 0 saturated carbocycles. The van der Waals surface area contributed by atoms with Crippen LogP contribution >= 0.6 is 11.3 Å². The summed E-state index contributed by atoms with van der Waals surface area (Å²) in [6.07, 6.45) is 3.62. The highest BCUT2D eigenvalue weighted by atomic mass is 32.1. The van der Waals surface area contributed by atoms with E-state index in [1.165, 1.54) is 11.3 Å². The number of hydrogen-bond acceptors (Lipinski definition) is 5. The molecule has 0 bridgehead atoms. The van der Waals surface area contributed by atoms with E-state index in [-0.39, 0.29) is 5.91 Å². The molecule has 0 aliphatic heterocycles. The highest BCUT2D eigenvalue weighted by Gasteiger charge is 2.23. The third-order valence-electron chi connectivity index (χ3n) is 2.92. The van der Waals surface area contributed by atoms with Crippen LogP contribution in [0.1, 0.15) is 29.2 Å². The van der Waals surface area contributed by atoms with Gasteiger partial charge in [0.25, 0.3) is 5.91 Å². The fraction of sp³-hybridized carbons (Fsp3) is 0.462. The van der Waals surface area contributed by atoms with E-state index in [9.17, 15) is 4.79 Å². The fourth-order valence-electron chi connectivity index (χ4n) is 1.68. The lowest BCUT2D eigenvalue weighted by molar-refractivity contribution is 0.0919. The zero-order chi connectivity index (χ0) is 14.9. The first kappa shape index (κ1) is 14.7. The van der Waals surface area contributed by atoms with E-state index in [2.05, 4.69) is 15.4 Å². The van der Waals surface area contributed by atoms with Crippen LogP contribution in [0.15, 0.2) is 12.4 Å². The van der Waals surface area contributed by atoms with Crippen molar-refractivity contribution in [2.75, 3.05) is 6.54 Å². The van der Waals surface area contributed by atoms with Crippen molar-refractivity contribution in [3.05, 3.63) is 23.0 Å². The maximum Gasteiger partial charge on any atom is 0.263 e. The lowest BCUT2D eigenvalue weighted by Crippen LogP contribution is -2.48. The normalized spacial score (nSPS) is 11.7. The van der Waals surface area contributed by atoms with E-state index >= 15 is 0 Å². The van der Waals surface area contributed by atoms with Gasteiger partial charge in [-0.25, -0.2) is 4.98 Å². The number of nitrogens with zero attached hydrogens (tertiary/aromatic N) is 3. The van der Waals surface area contributed by atoms with E-state index in [4.69, 9.17) is 5.73 Å². The number of carbonyl (C=O) groups is 1. The molecule has 6 nitrogen and oxygen atoms in total. The van der Waals surface area contributed by atoms with Crippen LogP contribution in [0.4, 0.5) is 0 Å². The van der Waals surface area contributed by atoms with Crippen LogP contribution in [0, 0.1) is 6.92 Å². The Hall–Kier alpha value is -1.73. The Labute approximate surface area is 122 Å². The van der Waals surface area contributed by atoms with Crippen LogP contribution in [0.2, 0.25) is 0 Å². The second-order valence-corrected chi connectivity index (χ2v) is 6.38. The van der Waals surface area contributed by atoms with E-state index < -0.39 is 5.54 Å². The average molecular weight is 293 g/mol. The second-order valence-electron chi connectivity index (χ2n) is 5.38. The molecule has 0 aliphatic carbocycles. The largest absolute Gasteiger partial charge is 0.345 e. The zero-order valence-corrected chi connectivity index (χ0v) is 12.9. The van der Waals surface area contributed by atoms with Crippen molar-refractivity contribution in [3.8, 4) is 10.6 Å². The first-order valence-electron chi connectivity index (χ1n) is 6.31. The Kier molecular flexibility index (Phi) is 3.92. The lowest BCUT2D eigenvalue weighted by Gasteiger charge is -2.23. The molecule has 2 aromatic heterocycles. The summed E-state index contributed by atoms with van der Waals surface area (Å²) in [5.74, 6) is -0.134. The summed E-state index contributed by atoms with van der Waals surface area (Å²) in [5, 5.41) is 7.83. The molecule has 0 unspecified atom stereocenters. The first-order valence-corrected chi connectivity index (χ1v) is 7.13. The highest BCUT2D eigenvalue weighted by Crippen LogP contribution is 2.27. The molecule has 0 atom stereocenters. The van der Waals surface area contributed by atoms with Crippen molar-refractivity contribution < 1.29 is 4.79 Å². The van der Waals surface area contributed by atoms with Gasteiger partial charge in [-0.15, -0.1) is 11.3 Å². The maximum absolute atomic E-state index is 12.3. The van der Waals surface area contributed by atoms with Crippen LogP contribution < -0.4 is 11.1 Å². The number of nitrogens with two attached hydrogens (primary N) is 1. The van der Waals surface area contributed by atoms with Crippen molar-refractivity contribution in [2.24, 2.45) is 12.8 Å². The molecule has 0 fully saturated rings. The van der Waals surface area contributed by atoms with E-state index in [0.29, 0.717) is 11.4 Å². The highest BCUT2D eigenvalue weighted by molar-refractivity contribution is 7.17. The second kappa shape index (κ2) is 5.34. The van der Waals surface area contributed by atoms with Crippen LogP contribution in [0.5, 0.6) is 0 Å². The number of aromatic nitrogens is 3. The summed E-state index contributed by atoms with van der Waals surface area (Å²) >= 11 is 1.37. The van der Waals surface area contributed by atoms with Gasteiger partial charge in [0.15, 0.2) is 0 Å². The summed E-state index contributed by atoms with van der Waals surface area (Å²) in [5.41, 5.74) is 6.84. The molecule has 108 valence electrons. The van der Waals surface area contributed by atoms with Crippen molar-refractivity contribution in [3.63, 3.8) is 0 Å². The summed E-state index contributed by atoms with van der Waals surface area (Å²) < 4.78 is 1.71. The topological polar surface area (TPSA) is 85.8 Å². The number of nitrogens with one attached hydrogen (secondary N) is 1. The third kappa shape index (κ3) is 3.05. The third-order valence-corrected chi connectivity index (χ3v) is 4.12. The Morgan fingerprint density at radius 3 is 2.80 bits per heavy atom. The minimum Gasteiger partial charge on any atom is -0.345 e. The van der Waals surface area contributed by atoms with Gasteiger partial charge >= 0.3 is 0 Å². The number of rotatable bonds is 4. The zero-order valence-electron chi connectivity index (χ0n) is 12.1. The lowest BCUT2D eigenvalue weighted by atomic mass is 10.1. The Morgan fingerprint density at radius 2 is 2.25 bits per heavy atom. The Balaban J connectivity index is 2.26. The van der Waals surface area contributed by atoms with Gasteiger partial charge in [0.2, 0.25) is 0 Å². The first-order chi connectivity index (χ1) is 9.32. The molecule has 2 heterocycles. The van der Waals surface area contributed by atoms with E-state index in [1.54, 1.807) is 10.9 Å². The molecule has 20 heavy (non-hydrogen) atoms. The molecule has 2 aromatic rings. The number of thiazole rings is 1. The van der Waals surface area contributed by atoms with Gasteiger partial charge in [-0.2, -0.15) is 5.10 Å². The summed E-state index contributed by atoms with van der Waals surface area (Å²) in [6.45, 7) is 6.00. The molecular weight excluding hydrogens is 274 g/mol. The van der Waals surface area contributed by atoms with Crippen LogP contribution in [0.3, 0.4) is 0 Å². The molecule has 0 aromatic carbocycles. The van der Waals surface area contributed by atoms with Gasteiger partial charge in [-0.1, -0.05) is 0 Å². The van der Waals surface area contributed by atoms with Crippen LogP contribution in [-0.4, -0.2) is 32.8 Å². The summed E-state index contributed by atoms with van der Waals surface area (Å²) in [6, 6.07) is 0. The summed E-state index contributed by atoms with van der Waals surface area (Å²) in [4.78, 5) is 17.3. The minimum absolute atomic E-state index is 0.134. The van der Waals surface area contributed by atoms with Gasteiger partial charge in [-0.05, 0) is 20.8 Å². The molecule has 1 amide bonds. The van der Waals surface area contributed by atoms with Gasteiger partial charge < -0.3 is 11.1 Å². The van der Waals surface area contributed by atoms with Gasteiger partial charge in [-0.3, -0.25) is 9.48 Å². The molecule has 0 radical (unpaired) electrons. The number of aryl methyl sites for hydroxylation is 2. The average Bonchev–Trinajstić information content (AvgIpc) is 2.95. The van der Waals surface area contributed by atoms with Crippen LogP contribution in [-0.2, 0) is 7.05 Å². The van der Waals surface area contributed by atoms with Crippen molar-refractivity contribution in [2.45, 2.75) is 26.3 Å². The minimum atomic E-state index is -0.429. The standard InChI is InChI=1S/C13H19N5OS/c1-8-10(11(19)17-13(2,3)7-14)20-12(16-8)9-5-15-18(4)6-9/h5-6H,7,14H2,1-4H3,(H,17,19). The molecule has 3 N–H and O–H groups in total. The fourth-order valence-corrected chi connectivity index (χ4v) is 2.61. The molecule has 7 heteroatoms. The number of hydrogen-bond donors (Lipinski definition) is 2. The van der Waals surface area contributed by atoms with Gasteiger partial charge in [0.1, 0.15) is 9.88 Å². The smallest absolute Gasteiger partial charge is 0.263 e. The molecule has 0 spiro atoms. The van der Waals surface area contributed by atoms with Crippen molar-refractivity contribution in [1.82, 2.24) is 20.1 Å². The molecule has 0 saturated heterocycles. The van der Waals surface area contributed by atoms with E-state index in [1.807, 2.05) is 34.0 Å². The van der Waals surface area contributed by atoms with Gasteiger partial charge in [0, 0.05) is 30.9 Å². The SMILES string of the molecule is Cc1nc(-c2cnn(C)c2)sc1C(=O)NC(C)(C)CN. The molecular formula is C13H19N5OS. The Morgan fingerprint density at radius 1 is 1.55 bits per heavy atom. The maximum atomic E-state index is 12.3. The molecule has 0 aliphatic rings. The number of carbonyl (C=O) groups excluding carboxylic acids is 1. The monoisotopic (exact) mass is 293 g/mol. The van der Waals surface area contributed by atoms with Crippen LogP contribution in [0.25, 0.3) is 10.6 Å². The number of amides is 1.